The third-order valence-corrected chi connectivity index (χ3v) is 2.32. The summed E-state index contributed by atoms with van der Waals surface area (Å²) in [6.07, 6.45) is 2.31. The molecule has 0 aliphatic rings. The molecule has 1 aromatic carbocycles. The summed E-state index contributed by atoms with van der Waals surface area (Å²) in [6, 6.07) is 3.16. The number of carbonyl (C=O) groups is 1. The molecule has 0 radical (unpaired) electrons. The summed E-state index contributed by atoms with van der Waals surface area (Å²) in [5, 5.41) is 9.26. The van der Waals surface area contributed by atoms with Crippen molar-refractivity contribution in [1.29, 1.82) is 0 Å². The average molecular weight is 247 g/mol. The second-order valence-electron chi connectivity index (χ2n) is 2.65. The summed E-state index contributed by atoms with van der Waals surface area (Å²) < 4.78 is 5.03. The molecule has 0 saturated heterocycles. The van der Waals surface area contributed by atoms with E-state index in [0.717, 1.165) is 6.08 Å². The molecule has 0 amide bonds. The number of hydrogen-bond donors (Lipinski definition) is 1. The van der Waals surface area contributed by atoms with Gasteiger partial charge in [-0.05, 0) is 18.2 Å². The van der Waals surface area contributed by atoms with Gasteiger partial charge in [0.2, 0.25) is 0 Å². The summed E-state index contributed by atoms with van der Waals surface area (Å²) in [4.78, 5) is 10.4. The first-order valence-electron chi connectivity index (χ1n) is 3.99. The molecule has 1 N–H and O–H groups in total. The smallest absolute Gasteiger partial charge is 0.328 e. The lowest BCUT2D eigenvalue weighted by molar-refractivity contribution is -0.131. The molecule has 1 aromatic rings. The molecule has 0 aliphatic heterocycles. The fourth-order valence-electron chi connectivity index (χ4n) is 1.07. The van der Waals surface area contributed by atoms with Gasteiger partial charge >= 0.3 is 5.97 Å². The van der Waals surface area contributed by atoms with Crippen molar-refractivity contribution in [2.24, 2.45) is 0 Å². The highest BCUT2D eigenvalue weighted by atomic mass is 35.5. The molecule has 0 fully saturated rings. The van der Waals surface area contributed by atoms with Crippen LogP contribution in [0.2, 0.25) is 10.0 Å². The molecule has 0 unspecified atom stereocenters. The topological polar surface area (TPSA) is 46.5 Å². The van der Waals surface area contributed by atoms with Crippen LogP contribution in [0.1, 0.15) is 5.56 Å². The van der Waals surface area contributed by atoms with Crippen LogP contribution < -0.4 is 4.74 Å². The van der Waals surface area contributed by atoms with Crippen molar-refractivity contribution in [3.63, 3.8) is 0 Å². The molecule has 0 heterocycles. The molecule has 0 atom stereocenters. The normalized spacial score (nSPS) is 10.6. The lowest BCUT2D eigenvalue weighted by Crippen LogP contribution is -1.91. The number of halogens is 2. The Hall–Kier alpha value is -1.19. The van der Waals surface area contributed by atoms with Crippen LogP contribution in [0.15, 0.2) is 18.2 Å². The number of aliphatic carboxylic acids is 1. The minimum atomic E-state index is -1.06. The van der Waals surface area contributed by atoms with Gasteiger partial charge in [0.15, 0.2) is 0 Å². The number of ether oxygens (including phenoxy) is 1. The molecule has 0 aromatic heterocycles. The van der Waals surface area contributed by atoms with Crippen molar-refractivity contribution < 1.29 is 14.6 Å². The second kappa shape index (κ2) is 5.05. The Bertz CT molecular complexity index is 413. The Kier molecular flexibility index (Phi) is 4.00. The predicted molar refractivity (Wildman–Crippen MR) is 59.7 cm³/mol. The highest BCUT2D eigenvalue weighted by molar-refractivity contribution is 6.35. The maximum atomic E-state index is 10.4. The minimum absolute atomic E-state index is 0.363. The molecule has 5 heteroatoms. The van der Waals surface area contributed by atoms with Crippen LogP contribution in [-0.4, -0.2) is 18.2 Å². The van der Waals surface area contributed by atoms with Gasteiger partial charge in [0, 0.05) is 11.6 Å². The van der Waals surface area contributed by atoms with Crippen molar-refractivity contribution in [3.8, 4) is 5.75 Å². The van der Waals surface area contributed by atoms with E-state index in [-0.39, 0.29) is 0 Å². The maximum Gasteiger partial charge on any atom is 0.328 e. The van der Waals surface area contributed by atoms with Crippen molar-refractivity contribution in [2.45, 2.75) is 0 Å². The van der Waals surface area contributed by atoms with Crippen molar-refractivity contribution >= 4 is 35.2 Å². The van der Waals surface area contributed by atoms with Gasteiger partial charge in [-0.25, -0.2) is 4.79 Å². The van der Waals surface area contributed by atoms with Gasteiger partial charge in [-0.2, -0.15) is 0 Å². The Labute approximate surface area is 96.9 Å². The summed E-state index contributed by atoms with van der Waals surface area (Å²) in [5.74, 6) is -0.699. The number of benzene rings is 1. The Morgan fingerprint density at radius 1 is 1.40 bits per heavy atom. The van der Waals surface area contributed by atoms with Gasteiger partial charge in [0.25, 0.3) is 0 Å². The van der Waals surface area contributed by atoms with Gasteiger partial charge < -0.3 is 9.84 Å². The largest absolute Gasteiger partial charge is 0.495 e. The fraction of sp³-hybridized carbons (Fsp3) is 0.100. The fourth-order valence-corrected chi connectivity index (χ4v) is 1.52. The van der Waals surface area contributed by atoms with Crippen molar-refractivity contribution in [2.75, 3.05) is 7.11 Å². The quantitative estimate of drug-likeness (QED) is 0.834. The highest BCUT2D eigenvalue weighted by Gasteiger charge is 2.09. The van der Waals surface area contributed by atoms with Crippen LogP contribution in [-0.2, 0) is 4.79 Å². The first kappa shape index (κ1) is 11.9. The second-order valence-corrected chi connectivity index (χ2v) is 3.46. The van der Waals surface area contributed by atoms with E-state index in [9.17, 15) is 4.79 Å². The molecule has 0 aliphatic carbocycles. The van der Waals surface area contributed by atoms with Crippen LogP contribution >= 0.6 is 23.2 Å². The van der Waals surface area contributed by atoms with Crippen molar-refractivity contribution in [3.05, 3.63) is 33.8 Å². The van der Waals surface area contributed by atoms with E-state index < -0.39 is 5.97 Å². The molecule has 1 rings (SSSR count). The molecule has 15 heavy (non-hydrogen) atoms. The Balaban J connectivity index is 3.25. The predicted octanol–water partition coefficient (Wildman–Crippen LogP) is 3.10. The minimum Gasteiger partial charge on any atom is -0.495 e. The zero-order valence-corrected chi connectivity index (χ0v) is 9.34. The molecule has 3 nitrogen and oxygen atoms in total. The molecule has 0 saturated carbocycles. The summed E-state index contributed by atoms with van der Waals surface area (Å²) in [5.41, 5.74) is 0.453. The first-order chi connectivity index (χ1) is 7.06. The van der Waals surface area contributed by atoms with Gasteiger partial charge in [0.05, 0.1) is 17.2 Å². The Morgan fingerprint density at radius 3 is 2.53 bits per heavy atom. The van der Waals surface area contributed by atoms with Crippen LogP contribution in [0.3, 0.4) is 0 Å². The van der Waals surface area contributed by atoms with Crippen LogP contribution in [0.25, 0.3) is 6.08 Å². The molecular formula is C10H8Cl2O3. The highest BCUT2D eigenvalue weighted by Crippen LogP contribution is 2.34. The first-order valence-corrected chi connectivity index (χ1v) is 4.75. The van der Waals surface area contributed by atoms with E-state index in [1.807, 2.05) is 0 Å². The summed E-state index contributed by atoms with van der Waals surface area (Å²) in [7, 11) is 1.44. The number of methoxy groups -OCH3 is 1. The third-order valence-electron chi connectivity index (χ3n) is 1.69. The molecular weight excluding hydrogens is 239 g/mol. The molecule has 0 bridgehead atoms. The van der Waals surface area contributed by atoms with Crippen LogP contribution in [0.5, 0.6) is 5.75 Å². The third kappa shape index (κ3) is 2.88. The lowest BCUT2D eigenvalue weighted by Gasteiger charge is -2.08. The standard InChI is InChI=1S/C10H8Cl2O3/c1-15-10-6(2-5-9(13)14)7(11)3-4-8(10)12/h2-5H,1H3,(H,13,14)/b5-2+. The monoisotopic (exact) mass is 246 g/mol. The van der Waals surface area contributed by atoms with Crippen LogP contribution in [0.4, 0.5) is 0 Å². The van der Waals surface area contributed by atoms with Gasteiger partial charge in [-0.15, -0.1) is 0 Å². The summed E-state index contributed by atoms with van der Waals surface area (Å²) >= 11 is 11.7. The summed E-state index contributed by atoms with van der Waals surface area (Å²) in [6.45, 7) is 0. The zero-order valence-electron chi connectivity index (χ0n) is 7.83. The van der Waals surface area contributed by atoms with E-state index in [1.165, 1.54) is 13.2 Å². The average Bonchev–Trinajstić information content (AvgIpc) is 2.19. The maximum absolute atomic E-state index is 10.4. The van der Waals surface area contributed by atoms with E-state index in [2.05, 4.69) is 0 Å². The Morgan fingerprint density at radius 2 is 2.00 bits per heavy atom. The number of rotatable bonds is 3. The van der Waals surface area contributed by atoms with Gasteiger partial charge in [0.1, 0.15) is 5.75 Å². The van der Waals surface area contributed by atoms with E-state index in [0.29, 0.717) is 21.4 Å². The van der Waals surface area contributed by atoms with Gasteiger partial charge in [-0.1, -0.05) is 23.2 Å². The van der Waals surface area contributed by atoms with Gasteiger partial charge in [-0.3, -0.25) is 0 Å². The van der Waals surface area contributed by atoms with E-state index in [1.54, 1.807) is 12.1 Å². The molecule has 80 valence electrons. The zero-order chi connectivity index (χ0) is 11.4. The van der Waals surface area contributed by atoms with E-state index in [4.69, 9.17) is 33.0 Å². The van der Waals surface area contributed by atoms with Crippen LogP contribution in [0, 0.1) is 0 Å². The number of carboxylic acid groups (broad SMARTS) is 1. The number of carboxylic acids is 1. The van der Waals surface area contributed by atoms with E-state index >= 15 is 0 Å². The molecule has 0 spiro atoms. The lowest BCUT2D eigenvalue weighted by atomic mass is 10.2. The van der Waals surface area contributed by atoms with Crippen molar-refractivity contribution in [1.82, 2.24) is 0 Å². The number of hydrogen-bond acceptors (Lipinski definition) is 2. The SMILES string of the molecule is COc1c(Cl)ccc(Cl)c1/C=C/C(=O)O.